The van der Waals surface area contributed by atoms with Crippen molar-refractivity contribution in [1.82, 2.24) is 9.78 Å². The molecular formula is C13H21N3O3. The van der Waals surface area contributed by atoms with Gasteiger partial charge >= 0.3 is 5.97 Å². The summed E-state index contributed by atoms with van der Waals surface area (Å²) in [7, 11) is 1.35. The summed E-state index contributed by atoms with van der Waals surface area (Å²) in [5.74, 6) is 0.0693. The maximum atomic E-state index is 11.8. The Bertz CT molecular complexity index is 450. The summed E-state index contributed by atoms with van der Waals surface area (Å²) in [5, 5.41) is 4.28. The van der Waals surface area contributed by atoms with Crippen LogP contribution in [0.5, 0.6) is 0 Å². The fourth-order valence-electron chi connectivity index (χ4n) is 2.40. The lowest BCUT2D eigenvalue weighted by Gasteiger charge is -2.22. The molecular weight excluding hydrogens is 246 g/mol. The molecule has 1 atom stereocenters. The molecule has 2 rings (SSSR count). The summed E-state index contributed by atoms with van der Waals surface area (Å²) >= 11 is 0. The molecule has 1 fully saturated rings. The van der Waals surface area contributed by atoms with Gasteiger partial charge in [0.1, 0.15) is 5.82 Å². The number of hydrogen-bond donors (Lipinski definition) is 1. The molecule has 0 amide bonds. The van der Waals surface area contributed by atoms with E-state index in [0.29, 0.717) is 30.2 Å². The van der Waals surface area contributed by atoms with Gasteiger partial charge < -0.3 is 15.2 Å². The van der Waals surface area contributed by atoms with Crippen LogP contribution in [0.1, 0.15) is 54.8 Å². The molecule has 0 spiro atoms. The molecule has 0 aliphatic carbocycles. The van der Waals surface area contributed by atoms with E-state index in [4.69, 9.17) is 15.2 Å². The highest BCUT2D eigenvalue weighted by atomic mass is 16.5. The van der Waals surface area contributed by atoms with E-state index < -0.39 is 5.97 Å². The SMILES string of the molecule is CCCn1nc(C(=O)OC)c(C2CCCCO2)c1N. The largest absolute Gasteiger partial charge is 0.464 e. The van der Waals surface area contributed by atoms with Crippen molar-refractivity contribution in [3.05, 3.63) is 11.3 Å². The third-order valence-electron chi connectivity index (χ3n) is 3.35. The Balaban J connectivity index is 2.39. The van der Waals surface area contributed by atoms with Gasteiger partial charge in [-0.15, -0.1) is 0 Å². The summed E-state index contributed by atoms with van der Waals surface area (Å²) < 4.78 is 12.2. The van der Waals surface area contributed by atoms with Crippen LogP contribution in [0.2, 0.25) is 0 Å². The van der Waals surface area contributed by atoms with Gasteiger partial charge in [0.15, 0.2) is 5.69 Å². The number of methoxy groups -OCH3 is 1. The standard InChI is InChI=1S/C13H21N3O3/c1-3-7-16-12(14)10(9-6-4-5-8-19-9)11(15-16)13(17)18-2/h9H,3-8,14H2,1-2H3. The number of nitrogens with zero attached hydrogens (tertiary/aromatic N) is 2. The molecule has 0 bridgehead atoms. The van der Waals surface area contributed by atoms with Crippen molar-refractivity contribution < 1.29 is 14.3 Å². The first-order valence-electron chi connectivity index (χ1n) is 6.75. The molecule has 1 aliphatic heterocycles. The van der Waals surface area contributed by atoms with Gasteiger partial charge in [0, 0.05) is 13.2 Å². The number of nitrogen functional groups attached to an aromatic ring is 1. The zero-order valence-corrected chi connectivity index (χ0v) is 11.5. The Hall–Kier alpha value is -1.56. The van der Waals surface area contributed by atoms with Gasteiger partial charge in [-0.05, 0) is 25.7 Å². The molecule has 0 radical (unpaired) electrons. The lowest BCUT2D eigenvalue weighted by Crippen LogP contribution is -2.16. The highest BCUT2D eigenvalue weighted by molar-refractivity contribution is 5.90. The number of esters is 1. The minimum atomic E-state index is -0.453. The van der Waals surface area contributed by atoms with Gasteiger partial charge in [-0.2, -0.15) is 5.10 Å². The molecule has 2 N–H and O–H groups in total. The van der Waals surface area contributed by atoms with Gasteiger partial charge in [0.2, 0.25) is 0 Å². The number of aromatic nitrogens is 2. The monoisotopic (exact) mass is 267 g/mol. The quantitative estimate of drug-likeness (QED) is 0.843. The van der Waals surface area contributed by atoms with Crippen molar-refractivity contribution >= 4 is 11.8 Å². The zero-order valence-electron chi connectivity index (χ0n) is 11.5. The Morgan fingerprint density at radius 1 is 1.58 bits per heavy atom. The molecule has 1 unspecified atom stereocenters. The van der Waals surface area contributed by atoms with Crippen LogP contribution in [0.4, 0.5) is 5.82 Å². The predicted octanol–water partition coefficient (Wildman–Crippen LogP) is 1.90. The first kappa shape index (κ1) is 13.9. The van der Waals surface area contributed by atoms with Crippen molar-refractivity contribution in [2.75, 3.05) is 19.5 Å². The van der Waals surface area contributed by atoms with Crippen LogP contribution in [0.15, 0.2) is 0 Å². The van der Waals surface area contributed by atoms with Gasteiger partial charge in [0.05, 0.1) is 18.8 Å². The number of ether oxygens (including phenoxy) is 2. The van der Waals surface area contributed by atoms with E-state index in [1.54, 1.807) is 4.68 Å². The topological polar surface area (TPSA) is 79.4 Å². The average molecular weight is 267 g/mol. The van der Waals surface area contributed by atoms with Crippen molar-refractivity contribution in [3.63, 3.8) is 0 Å². The Morgan fingerprint density at radius 3 is 2.95 bits per heavy atom. The number of nitrogens with two attached hydrogens (primary N) is 1. The maximum Gasteiger partial charge on any atom is 0.359 e. The van der Waals surface area contributed by atoms with Crippen molar-refractivity contribution in [3.8, 4) is 0 Å². The lowest BCUT2D eigenvalue weighted by atomic mass is 10.0. The molecule has 6 nitrogen and oxygen atoms in total. The summed E-state index contributed by atoms with van der Waals surface area (Å²) in [6, 6.07) is 0. The van der Waals surface area contributed by atoms with Crippen LogP contribution in [0.3, 0.4) is 0 Å². The second kappa shape index (κ2) is 6.06. The summed E-state index contributed by atoms with van der Waals surface area (Å²) in [4.78, 5) is 11.8. The second-order valence-electron chi connectivity index (χ2n) is 4.72. The molecule has 2 heterocycles. The van der Waals surface area contributed by atoms with E-state index in [2.05, 4.69) is 5.10 Å². The molecule has 6 heteroatoms. The van der Waals surface area contributed by atoms with E-state index in [0.717, 1.165) is 25.7 Å². The number of carbonyl (C=O) groups excluding carboxylic acids is 1. The van der Waals surface area contributed by atoms with Crippen LogP contribution in [0.25, 0.3) is 0 Å². The highest BCUT2D eigenvalue weighted by Crippen LogP contribution is 2.34. The number of rotatable bonds is 4. The number of carbonyl (C=O) groups is 1. The first-order chi connectivity index (χ1) is 9.19. The molecule has 1 aromatic rings. The van der Waals surface area contributed by atoms with E-state index in [1.165, 1.54) is 7.11 Å². The van der Waals surface area contributed by atoms with Crippen LogP contribution >= 0.6 is 0 Å². The van der Waals surface area contributed by atoms with Crippen molar-refractivity contribution in [1.29, 1.82) is 0 Å². The molecule has 1 aromatic heterocycles. The Kier molecular flexibility index (Phi) is 4.42. The molecule has 19 heavy (non-hydrogen) atoms. The van der Waals surface area contributed by atoms with Gasteiger partial charge in [-0.25, -0.2) is 9.48 Å². The van der Waals surface area contributed by atoms with Crippen LogP contribution < -0.4 is 5.73 Å². The molecule has 106 valence electrons. The first-order valence-corrected chi connectivity index (χ1v) is 6.75. The smallest absolute Gasteiger partial charge is 0.359 e. The number of aryl methyl sites for hydroxylation is 1. The van der Waals surface area contributed by atoms with Crippen LogP contribution in [0, 0.1) is 0 Å². The van der Waals surface area contributed by atoms with E-state index in [1.807, 2.05) is 6.92 Å². The molecule has 1 aliphatic rings. The van der Waals surface area contributed by atoms with E-state index in [-0.39, 0.29) is 6.10 Å². The summed E-state index contributed by atoms with van der Waals surface area (Å²) in [6.45, 7) is 3.42. The minimum Gasteiger partial charge on any atom is -0.464 e. The molecule has 0 aromatic carbocycles. The van der Waals surface area contributed by atoms with Gasteiger partial charge in [-0.1, -0.05) is 6.92 Å². The summed E-state index contributed by atoms with van der Waals surface area (Å²) in [6.07, 6.45) is 3.74. The fraction of sp³-hybridized carbons (Fsp3) is 0.692. The van der Waals surface area contributed by atoms with Crippen molar-refractivity contribution in [2.45, 2.75) is 45.3 Å². The van der Waals surface area contributed by atoms with E-state index >= 15 is 0 Å². The third kappa shape index (κ3) is 2.73. The van der Waals surface area contributed by atoms with Crippen LogP contribution in [-0.4, -0.2) is 29.5 Å². The fourth-order valence-corrected chi connectivity index (χ4v) is 2.40. The number of anilines is 1. The Morgan fingerprint density at radius 2 is 2.37 bits per heavy atom. The Labute approximate surface area is 112 Å². The zero-order chi connectivity index (χ0) is 13.8. The molecule has 0 saturated carbocycles. The average Bonchev–Trinajstić information content (AvgIpc) is 2.77. The van der Waals surface area contributed by atoms with Crippen molar-refractivity contribution in [2.24, 2.45) is 0 Å². The van der Waals surface area contributed by atoms with Gasteiger partial charge in [0.25, 0.3) is 0 Å². The molecule has 1 saturated heterocycles. The third-order valence-corrected chi connectivity index (χ3v) is 3.35. The minimum absolute atomic E-state index is 0.145. The van der Waals surface area contributed by atoms with Crippen LogP contribution in [-0.2, 0) is 16.0 Å². The van der Waals surface area contributed by atoms with Gasteiger partial charge in [-0.3, -0.25) is 0 Å². The lowest BCUT2D eigenvalue weighted by molar-refractivity contribution is 0.0140. The second-order valence-corrected chi connectivity index (χ2v) is 4.72. The number of hydrogen-bond acceptors (Lipinski definition) is 5. The predicted molar refractivity (Wildman–Crippen MR) is 70.8 cm³/mol. The maximum absolute atomic E-state index is 11.8. The normalized spacial score (nSPS) is 19.4. The highest BCUT2D eigenvalue weighted by Gasteiger charge is 2.29. The summed E-state index contributed by atoms with van der Waals surface area (Å²) in [5.41, 5.74) is 7.11. The van der Waals surface area contributed by atoms with E-state index in [9.17, 15) is 4.79 Å².